The highest BCUT2D eigenvalue weighted by Crippen LogP contribution is 2.25. The lowest BCUT2D eigenvalue weighted by Crippen LogP contribution is -2.39. The summed E-state index contributed by atoms with van der Waals surface area (Å²) in [6.07, 6.45) is 1.37. The summed E-state index contributed by atoms with van der Waals surface area (Å²) in [7, 11) is -4.57. The molecule has 0 aliphatic carbocycles. The van der Waals surface area contributed by atoms with Gasteiger partial charge in [-0.05, 0) is 25.3 Å². The topological polar surface area (TPSA) is 106 Å². The van der Waals surface area contributed by atoms with Crippen molar-refractivity contribution in [2.75, 3.05) is 11.5 Å². The minimum atomic E-state index is -3.79. The van der Waals surface area contributed by atoms with E-state index in [0.29, 0.717) is 35.5 Å². The molecule has 20 heavy (non-hydrogen) atoms. The van der Waals surface area contributed by atoms with E-state index in [1.165, 1.54) is 5.38 Å². The molecule has 0 unspecified atom stereocenters. The summed E-state index contributed by atoms with van der Waals surface area (Å²) in [5.41, 5.74) is 0.722. The van der Waals surface area contributed by atoms with E-state index in [9.17, 15) is 17.4 Å². The van der Waals surface area contributed by atoms with Crippen LogP contribution in [0.25, 0.3) is 0 Å². The molecule has 9 heteroatoms. The number of carbonyl (C=O) groups is 1. The first-order valence-corrected chi connectivity index (χ1v) is 9.97. The number of rotatable bonds is 3. The average Bonchev–Trinajstić information content (AvgIpc) is 2.74. The summed E-state index contributed by atoms with van der Waals surface area (Å²) >= 11 is 0.951. The predicted octanol–water partition coefficient (Wildman–Crippen LogP) is 0.345. The van der Waals surface area contributed by atoms with Crippen LogP contribution < -0.4 is 10.5 Å². The van der Waals surface area contributed by atoms with E-state index in [1.807, 2.05) is 0 Å². The number of thiophene rings is 1. The van der Waals surface area contributed by atoms with Crippen molar-refractivity contribution in [3.8, 4) is 0 Å². The Morgan fingerprint density at radius 2 is 2.05 bits per heavy atom. The molecule has 1 aliphatic rings. The van der Waals surface area contributed by atoms with Gasteiger partial charge in [0.1, 0.15) is 4.21 Å². The minimum absolute atomic E-state index is 0.00238. The van der Waals surface area contributed by atoms with E-state index in [1.54, 1.807) is 6.92 Å². The molecule has 2 rings (SSSR count). The maximum Gasteiger partial charge on any atom is 0.252 e. The third-order valence-corrected chi connectivity index (χ3v) is 7.28. The van der Waals surface area contributed by atoms with E-state index < -0.39 is 20.8 Å². The molecular formula is C11H16N2O4S3. The highest BCUT2D eigenvalue weighted by molar-refractivity contribution is 7.91. The maximum atomic E-state index is 12.1. The van der Waals surface area contributed by atoms with Crippen LogP contribution >= 0.6 is 11.3 Å². The molecule has 2 heterocycles. The van der Waals surface area contributed by atoms with Crippen LogP contribution in [0.4, 0.5) is 0 Å². The van der Waals surface area contributed by atoms with Gasteiger partial charge in [0.2, 0.25) is 10.0 Å². The molecule has 0 radical (unpaired) electrons. The Balaban J connectivity index is 2.10. The van der Waals surface area contributed by atoms with Crippen LogP contribution in [0, 0.1) is 6.92 Å². The van der Waals surface area contributed by atoms with Crippen LogP contribution in [0.2, 0.25) is 0 Å². The Morgan fingerprint density at radius 3 is 2.55 bits per heavy atom. The van der Waals surface area contributed by atoms with Crippen LogP contribution in [-0.4, -0.2) is 36.1 Å². The van der Waals surface area contributed by atoms with Crippen molar-refractivity contribution in [2.24, 2.45) is 5.14 Å². The van der Waals surface area contributed by atoms with Gasteiger partial charge in [0.15, 0.2) is 0 Å². The molecule has 1 aromatic heterocycles. The molecule has 0 spiro atoms. The SMILES string of the molecule is Cc1c(C(=O)NC2CCS(=O)CC2)csc1S(N)(=O)=O. The molecule has 0 atom stereocenters. The summed E-state index contributed by atoms with van der Waals surface area (Å²) in [4.78, 5) is 12.1. The van der Waals surface area contributed by atoms with Gasteiger partial charge in [-0.3, -0.25) is 9.00 Å². The highest BCUT2D eigenvalue weighted by atomic mass is 32.2. The smallest absolute Gasteiger partial charge is 0.252 e. The third-order valence-electron chi connectivity index (χ3n) is 3.22. The Morgan fingerprint density at radius 1 is 1.45 bits per heavy atom. The second kappa shape index (κ2) is 5.92. The molecule has 6 nitrogen and oxygen atoms in total. The molecule has 0 bridgehead atoms. The van der Waals surface area contributed by atoms with E-state index in [2.05, 4.69) is 5.32 Å². The van der Waals surface area contributed by atoms with Crippen LogP contribution in [0.5, 0.6) is 0 Å². The second-order valence-electron chi connectivity index (χ2n) is 4.70. The van der Waals surface area contributed by atoms with Crippen molar-refractivity contribution in [1.29, 1.82) is 0 Å². The van der Waals surface area contributed by atoms with Gasteiger partial charge in [0, 0.05) is 33.7 Å². The van der Waals surface area contributed by atoms with Crippen LogP contribution in [0.15, 0.2) is 9.59 Å². The van der Waals surface area contributed by atoms with E-state index in [4.69, 9.17) is 5.14 Å². The summed E-state index contributed by atoms with van der Waals surface area (Å²) in [6, 6.07) is -0.00238. The van der Waals surface area contributed by atoms with Gasteiger partial charge in [-0.1, -0.05) is 0 Å². The lowest BCUT2D eigenvalue weighted by molar-refractivity contribution is 0.0934. The lowest BCUT2D eigenvalue weighted by atomic mass is 10.1. The van der Waals surface area contributed by atoms with E-state index in [-0.39, 0.29) is 16.2 Å². The zero-order chi connectivity index (χ0) is 14.9. The first kappa shape index (κ1) is 15.6. The van der Waals surface area contributed by atoms with Crippen molar-refractivity contribution in [3.63, 3.8) is 0 Å². The fraction of sp³-hybridized carbons (Fsp3) is 0.545. The van der Waals surface area contributed by atoms with Gasteiger partial charge in [-0.25, -0.2) is 13.6 Å². The van der Waals surface area contributed by atoms with Crippen LogP contribution in [-0.2, 0) is 20.8 Å². The standard InChI is InChI=1S/C11H16N2O4S3/c1-7-9(6-18-11(7)20(12,16)17)10(14)13-8-2-4-19(15)5-3-8/h6,8H,2-5H2,1H3,(H,13,14)(H2,12,16,17). The number of primary sulfonamides is 1. The van der Waals surface area contributed by atoms with Gasteiger partial charge in [0.05, 0.1) is 5.56 Å². The van der Waals surface area contributed by atoms with Crippen molar-refractivity contribution < 1.29 is 17.4 Å². The number of hydrogen-bond donors (Lipinski definition) is 2. The third kappa shape index (κ3) is 3.46. The summed E-state index contributed by atoms with van der Waals surface area (Å²) in [5.74, 6) is 0.887. The quantitative estimate of drug-likeness (QED) is 0.830. The number of amides is 1. The summed E-state index contributed by atoms with van der Waals surface area (Å²) in [6.45, 7) is 1.57. The fourth-order valence-corrected chi connectivity index (χ4v) is 5.42. The van der Waals surface area contributed by atoms with Crippen molar-refractivity contribution in [3.05, 3.63) is 16.5 Å². The lowest BCUT2D eigenvalue weighted by Gasteiger charge is -2.22. The zero-order valence-corrected chi connectivity index (χ0v) is 13.4. The van der Waals surface area contributed by atoms with Gasteiger partial charge < -0.3 is 5.32 Å². The first-order chi connectivity index (χ1) is 9.29. The number of sulfonamides is 1. The molecule has 0 aromatic carbocycles. The predicted molar refractivity (Wildman–Crippen MR) is 78.8 cm³/mol. The molecule has 1 aromatic rings. The second-order valence-corrected chi connectivity index (χ2v) is 9.04. The minimum Gasteiger partial charge on any atom is -0.349 e. The summed E-state index contributed by atoms with van der Waals surface area (Å²) in [5, 5.41) is 9.45. The van der Waals surface area contributed by atoms with Crippen LogP contribution in [0.1, 0.15) is 28.8 Å². The molecule has 1 fully saturated rings. The van der Waals surface area contributed by atoms with Crippen molar-refractivity contribution in [2.45, 2.75) is 30.0 Å². The number of hydrogen-bond acceptors (Lipinski definition) is 5. The Labute approximate surface area is 124 Å². The Bertz CT molecular complexity index is 641. The maximum absolute atomic E-state index is 12.1. The molecule has 1 aliphatic heterocycles. The molecule has 3 N–H and O–H groups in total. The average molecular weight is 336 g/mol. The monoisotopic (exact) mass is 336 g/mol. The Hall–Kier alpha value is -0.770. The van der Waals surface area contributed by atoms with Gasteiger partial charge in [0.25, 0.3) is 5.91 Å². The first-order valence-electron chi connectivity index (χ1n) is 6.05. The van der Waals surface area contributed by atoms with Gasteiger partial charge in [-0.15, -0.1) is 11.3 Å². The van der Waals surface area contributed by atoms with Crippen molar-refractivity contribution in [1.82, 2.24) is 5.32 Å². The van der Waals surface area contributed by atoms with Gasteiger partial charge >= 0.3 is 0 Å². The number of carbonyl (C=O) groups excluding carboxylic acids is 1. The zero-order valence-electron chi connectivity index (χ0n) is 10.9. The van der Waals surface area contributed by atoms with Gasteiger partial charge in [-0.2, -0.15) is 0 Å². The molecule has 1 amide bonds. The molecule has 1 saturated heterocycles. The van der Waals surface area contributed by atoms with E-state index in [0.717, 1.165) is 11.3 Å². The fourth-order valence-electron chi connectivity index (χ4n) is 2.10. The highest BCUT2D eigenvalue weighted by Gasteiger charge is 2.24. The van der Waals surface area contributed by atoms with E-state index >= 15 is 0 Å². The largest absolute Gasteiger partial charge is 0.349 e. The molecule has 0 saturated carbocycles. The molecular weight excluding hydrogens is 320 g/mol. The molecule has 112 valence electrons. The number of nitrogens with one attached hydrogen (secondary N) is 1. The van der Waals surface area contributed by atoms with Crippen LogP contribution in [0.3, 0.4) is 0 Å². The Kier molecular flexibility index (Phi) is 4.62. The van der Waals surface area contributed by atoms with Crippen molar-refractivity contribution >= 4 is 38.1 Å². The number of nitrogens with two attached hydrogens (primary N) is 1. The summed E-state index contributed by atoms with van der Waals surface area (Å²) < 4.78 is 33.9. The normalized spacial score (nSPS) is 23.5.